The molecule has 12 nitrogen and oxygen atoms in total. The van der Waals surface area contributed by atoms with Gasteiger partial charge in [-0.1, -0.05) is 39.3 Å². The summed E-state index contributed by atoms with van der Waals surface area (Å²) in [6, 6.07) is 0. The van der Waals surface area contributed by atoms with Crippen molar-refractivity contribution in [3.8, 4) is 0 Å². The van der Waals surface area contributed by atoms with E-state index in [1.807, 2.05) is 0 Å². The molecule has 8 aliphatic rings. The molecule has 3 saturated carbocycles. The summed E-state index contributed by atoms with van der Waals surface area (Å²) in [6.07, 6.45) is 7.53. The number of carbonyl (C=O) groups excluding carboxylic acids is 3. The maximum atomic E-state index is 12.2. The van der Waals surface area contributed by atoms with E-state index in [1.54, 1.807) is 6.92 Å². The lowest BCUT2D eigenvalue weighted by Gasteiger charge is -2.58. The van der Waals surface area contributed by atoms with Crippen molar-refractivity contribution in [2.24, 2.45) is 46.3 Å². The first-order valence-electron chi connectivity index (χ1n) is 20.3. The molecule has 4 aliphatic heterocycles. The van der Waals surface area contributed by atoms with Gasteiger partial charge in [0.25, 0.3) is 5.97 Å². The van der Waals surface area contributed by atoms with Crippen LogP contribution in [0.1, 0.15) is 113 Å². The van der Waals surface area contributed by atoms with Crippen LogP contribution in [0.25, 0.3) is 0 Å². The van der Waals surface area contributed by atoms with Gasteiger partial charge < -0.3 is 33.2 Å². The van der Waals surface area contributed by atoms with E-state index in [0.29, 0.717) is 47.0 Å². The molecule has 53 heavy (non-hydrogen) atoms. The summed E-state index contributed by atoms with van der Waals surface area (Å²) in [5.41, 5.74) is 1.77. The molecule has 4 aliphatic carbocycles. The van der Waals surface area contributed by atoms with Crippen LogP contribution in [0.4, 0.5) is 0 Å². The minimum atomic E-state index is -1.51. The third kappa shape index (κ3) is 6.39. The molecule has 0 amide bonds. The van der Waals surface area contributed by atoms with Gasteiger partial charge in [-0.25, -0.2) is 0 Å². The summed E-state index contributed by atoms with van der Waals surface area (Å²) in [5.74, 6) is 0.612. The van der Waals surface area contributed by atoms with Crippen molar-refractivity contribution in [2.75, 3.05) is 13.2 Å². The van der Waals surface area contributed by atoms with E-state index < -0.39 is 54.6 Å². The number of nitrogens with one attached hydrogen (secondary N) is 1. The van der Waals surface area contributed by atoms with Crippen molar-refractivity contribution < 1.29 is 52.3 Å². The molecular weight excluding hydrogens is 682 g/mol. The Labute approximate surface area is 314 Å². The Balaban J connectivity index is 0.951. The molecule has 1 N–H and O–H groups in total. The molecule has 1 spiro atoms. The van der Waals surface area contributed by atoms with E-state index in [1.165, 1.54) is 52.0 Å². The molecule has 12 heteroatoms. The Hall–Kier alpha value is -2.09. The van der Waals surface area contributed by atoms with Gasteiger partial charge in [0.05, 0.1) is 12.2 Å². The first-order chi connectivity index (χ1) is 25.0. The van der Waals surface area contributed by atoms with E-state index in [2.05, 4.69) is 39.1 Å². The number of rotatable bonds is 6. The summed E-state index contributed by atoms with van der Waals surface area (Å²) in [5, 5.41) is 3.89. The summed E-state index contributed by atoms with van der Waals surface area (Å²) >= 11 is 0. The van der Waals surface area contributed by atoms with Crippen LogP contribution in [-0.2, 0) is 52.3 Å². The quantitative estimate of drug-likeness (QED) is 0.208. The third-order valence-electron chi connectivity index (χ3n) is 15.2. The lowest BCUT2D eigenvalue weighted by atomic mass is 9.47. The standard InChI is InChI=1S/C41H61NO11/c1-21-11-16-41(42-19-21)22(2)33-31(51-41)18-30-28-10-9-26-17-27(12-14-38(26,6)29(28)13-15-39(30,33)7)50-40(8)52-36-35(48-25(5)45)34(47-24(4)44)32(20-46-23(3)43)49-37(36)53-40/h9,21-22,27-37,42H,10-20H2,1-8H3/t21-,22+,27-,28-,29+,30+,31+,32-,33+,34-,35+,36-,37-,38+,39+,40+,41-/m1/s1. The van der Waals surface area contributed by atoms with Crippen molar-refractivity contribution >= 4 is 17.9 Å². The largest absolute Gasteiger partial charge is 0.463 e. The number of carbonyl (C=O) groups is 3. The molecule has 0 radical (unpaired) electrons. The van der Waals surface area contributed by atoms with Crippen LogP contribution in [0.2, 0.25) is 0 Å². The highest BCUT2D eigenvalue weighted by atomic mass is 16.9. The van der Waals surface area contributed by atoms with E-state index in [4.69, 9.17) is 37.9 Å². The fraction of sp³-hybridized carbons (Fsp3) is 0.878. The van der Waals surface area contributed by atoms with Gasteiger partial charge in [-0.2, -0.15) is 0 Å². The van der Waals surface area contributed by atoms with Crippen LogP contribution in [-0.4, -0.2) is 85.7 Å². The molecule has 0 unspecified atom stereocenters. The predicted octanol–water partition coefficient (Wildman–Crippen LogP) is 5.55. The first kappa shape index (κ1) is 37.8. The van der Waals surface area contributed by atoms with Crippen molar-refractivity contribution in [1.29, 1.82) is 0 Å². The van der Waals surface area contributed by atoms with E-state index >= 15 is 0 Å². The molecule has 17 atom stereocenters. The second kappa shape index (κ2) is 13.5. The minimum absolute atomic E-state index is 0.119. The normalized spacial score (nSPS) is 51.2. The van der Waals surface area contributed by atoms with Crippen molar-refractivity contribution in [3.05, 3.63) is 11.6 Å². The lowest BCUT2D eigenvalue weighted by molar-refractivity contribution is -0.360. The molecule has 4 saturated heterocycles. The molecule has 8 rings (SSSR count). The Morgan fingerprint density at radius 2 is 1.64 bits per heavy atom. The molecule has 0 aromatic carbocycles. The van der Waals surface area contributed by atoms with E-state index in [0.717, 1.165) is 38.6 Å². The topological polar surface area (TPSA) is 137 Å². The third-order valence-corrected chi connectivity index (χ3v) is 15.2. The Morgan fingerprint density at radius 3 is 2.34 bits per heavy atom. The second-order valence-electron chi connectivity index (χ2n) is 18.5. The fourth-order valence-corrected chi connectivity index (χ4v) is 12.9. The predicted molar refractivity (Wildman–Crippen MR) is 189 cm³/mol. The van der Waals surface area contributed by atoms with Gasteiger partial charge in [0.15, 0.2) is 24.6 Å². The second-order valence-corrected chi connectivity index (χ2v) is 18.5. The highest BCUT2D eigenvalue weighted by molar-refractivity contribution is 5.68. The zero-order valence-corrected chi connectivity index (χ0v) is 32.9. The molecule has 7 fully saturated rings. The summed E-state index contributed by atoms with van der Waals surface area (Å²) < 4.78 is 49.0. The lowest BCUT2D eigenvalue weighted by Crippen LogP contribution is -2.60. The molecule has 4 heterocycles. The smallest absolute Gasteiger partial charge is 0.303 e. The van der Waals surface area contributed by atoms with Gasteiger partial charge >= 0.3 is 17.9 Å². The van der Waals surface area contributed by atoms with Crippen molar-refractivity contribution in [3.63, 3.8) is 0 Å². The van der Waals surface area contributed by atoms with Crippen molar-refractivity contribution in [1.82, 2.24) is 5.32 Å². The summed E-state index contributed by atoms with van der Waals surface area (Å²) in [7, 11) is 0. The zero-order chi connectivity index (χ0) is 37.7. The van der Waals surface area contributed by atoms with Crippen LogP contribution in [0, 0.1) is 46.3 Å². The minimum Gasteiger partial charge on any atom is -0.463 e. The Bertz CT molecular complexity index is 1490. The zero-order valence-electron chi connectivity index (χ0n) is 32.9. The maximum Gasteiger partial charge on any atom is 0.303 e. The van der Waals surface area contributed by atoms with Gasteiger partial charge in [0.2, 0.25) is 0 Å². The summed E-state index contributed by atoms with van der Waals surface area (Å²) in [4.78, 5) is 36.0. The number of esters is 3. The van der Waals surface area contributed by atoms with E-state index in [-0.39, 0.29) is 23.9 Å². The molecule has 0 aromatic heterocycles. The van der Waals surface area contributed by atoms with Crippen LogP contribution in [0.5, 0.6) is 0 Å². The maximum absolute atomic E-state index is 12.2. The van der Waals surface area contributed by atoms with Gasteiger partial charge in [0, 0.05) is 40.2 Å². The number of allylic oxidation sites excluding steroid dienone is 1. The Morgan fingerprint density at radius 1 is 0.887 bits per heavy atom. The number of ether oxygens (including phenoxy) is 8. The highest BCUT2D eigenvalue weighted by Crippen LogP contribution is 2.70. The average molecular weight is 744 g/mol. The van der Waals surface area contributed by atoms with Gasteiger partial charge in [-0.05, 0) is 98.2 Å². The molecular formula is C41H61NO11. The van der Waals surface area contributed by atoms with Crippen LogP contribution in [0.3, 0.4) is 0 Å². The number of hydrogen-bond acceptors (Lipinski definition) is 12. The number of hydrogen-bond donors (Lipinski definition) is 1. The van der Waals surface area contributed by atoms with Crippen LogP contribution < -0.4 is 5.32 Å². The molecule has 0 aromatic rings. The SMILES string of the molecule is CC(=O)OC[C@H]1O[C@@H]2O[C@@](C)(O[C@@H]3CC[C@@]4(C)C(=CC[C@H]5[C@@H]6C[C@@H]7O[C@]8(CC[C@@H](C)CN8)[C@@H](C)[C@@H]7[C@@]6(C)CC[C@@H]54)C3)O[C@@H]2[C@@H](OC(C)=O)[C@@H]1OC(C)=O. The molecule has 0 bridgehead atoms. The number of piperidine rings is 1. The summed E-state index contributed by atoms with van der Waals surface area (Å²) in [6.45, 7) is 16.3. The van der Waals surface area contributed by atoms with Crippen LogP contribution >= 0.6 is 0 Å². The number of fused-ring (bicyclic) bond motifs is 8. The fourth-order valence-electron chi connectivity index (χ4n) is 12.9. The monoisotopic (exact) mass is 743 g/mol. The first-order valence-corrected chi connectivity index (χ1v) is 20.3. The Kier molecular flexibility index (Phi) is 9.66. The highest BCUT2D eigenvalue weighted by Gasteiger charge is 2.68. The van der Waals surface area contributed by atoms with Gasteiger partial charge in [-0.15, -0.1) is 0 Å². The van der Waals surface area contributed by atoms with Crippen LogP contribution in [0.15, 0.2) is 11.6 Å². The average Bonchev–Trinajstić information content (AvgIpc) is 3.67. The van der Waals surface area contributed by atoms with Gasteiger partial charge in [-0.3, -0.25) is 24.4 Å². The van der Waals surface area contributed by atoms with Crippen molar-refractivity contribution in [2.45, 2.75) is 168 Å². The molecule has 296 valence electrons. The van der Waals surface area contributed by atoms with Gasteiger partial charge in [0.1, 0.15) is 18.4 Å². The van der Waals surface area contributed by atoms with E-state index in [9.17, 15) is 14.4 Å².